The number of carbonyl (C=O) groups is 1. The van der Waals surface area contributed by atoms with Crippen LogP contribution in [0.4, 0.5) is 0 Å². The SMILES string of the molecule is CC(C)(CNC1=NCCCC1)C(N)=O. The predicted molar refractivity (Wildman–Crippen MR) is 57.1 cm³/mol. The lowest BCUT2D eigenvalue weighted by Crippen LogP contribution is -2.42. The van der Waals surface area contributed by atoms with Crippen molar-refractivity contribution in [2.45, 2.75) is 33.1 Å². The zero-order chi connectivity index (χ0) is 10.6. The van der Waals surface area contributed by atoms with Gasteiger partial charge in [-0.15, -0.1) is 0 Å². The Hall–Kier alpha value is -1.06. The van der Waals surface area contributed by atoms with Gasteiger partial charge in [-0.25, -0.2) is 0 Å². The number of amidine groups is 1. The van der Waals surface area contributed by atoms with E-state index in [2.05, 4.69) is 10.3 Å². The lowest BCUT2D eigenvalue weighted by Gasteiger charge is -2.23. The van der Waals surface area contributed by atoms with Crippen LogP contribution in [0.2, 0.25) is 0 Å². The van der Waals surface area contributed by atoms with Gasteiger partial charge in [0, 0.05) is 19.5 Å². The molecule has 0 saturated carbocycles. The van der Waals surface area contributed by atoms with E-state index in [9.17, 15) is 4.79 Å². The zero-order valence-corrected chi connectivity index (χ0v) is 8.97. The van der Waals surface area contributed by atoms with Crippen LogP contribution in [0, 0.1) is 5.41 Å². The van der Waals surface area contributed by atoms with Crippen molar-refractivity contribution >= 4 is 11.7 Å². The molecule has 0 aliphatic carbocycles. The minimum absolute atomic E-state index is 0.276. The van der Waals surface area contributed by atoms with E-state index in [1.165, 1.54) is 12.8 Å². The molecule has 80 valence electrons. The van der Waals surface area contributed by atoms with Gasteiger partial charge >= 0.3 is 0 Å². The number of primary amides is 1. The van der Waals surface area contributed by atoms with E-state index in [1.54, 1.807) is 0 Å². The normalized spacial score (nSPS) is 17.4. The van der Waals surface area contributed by atoms with Gasteiger partial charge in [-0.2, -0.15) is 0 Å². The van der Waals surface area contributed by atoms with E-state index in [0.717, 1.165) is 18.8 Å². The molecule has 0 fully saturated rings. The van der Waals surface area contributed by atoms with Crippen molar-refractivity contribution in [3.63, 3.8) is 0 Å². The van der Waals surface area contributed by atoms with Gasteiger partial charge in [0.05, 0.1) is 11.3 Å². The summed E-state index contributed by atoms with van der Waals surface area (Å²) < 4.78 is 0. The molecule has 1 aliphatic rings. The van der Waals surface area contributed by atoms with Crippen LogP contribution in [0.5, 0.6) is 0 Å². The maximum absolute atomic E-state index is 11.0. The summed E-state index contributed by atoms with van der Waals surface area (Å²) >= 11 is 0. The van der Waals surface area contributed by atoms with E-state index in [0.29, 0.717) is 6.54 Å². The number of hydrogen-bond donors (Lipinski definition) is 2. The minimum Gasteiger partial charge on any atom is -0.373 e. The van der Waals surface area contributed by atoms with Gasteiger partial charge in [-0.05, 0) is 26.7 Å². The first kappa shape index (κ1) is 11.0. The third-order valence-electron chi connectivity index (χ3n) is 2.53. The molecule has 3 N–H and O–H groups in total. The number of amides is 1. The number of carbonyl (C=O) groups excluding carboxylic acids is 1. The quantitative estimate of drug-likeness (QED) is 0.698. The van der Waals surface area contributed by atoms with Crippen molar-refractivity contribution in [1.82, 2.24) is 5.32 Å². The summed E-state index contributed by atoms with van der Waals surface area (Å²) in [6.45, 7) is 5.15. The zero-order valence-electron chi connectivity index (χ0n) is 8.97. The van der Waals surface area contributed by atoms with Crippen LogP contribution in [-0.4, -0.2) is 24.8 Å². The van der Waals surface area contributed by atoms with Crippen molar-refractivity contribution in [3.8, 4) is 0 Å². The lowest BCUT2D eigenvalue weighted by molar-refractivity contribution is -0.125. The second kappa shape index (κ2) is 4.44. The van der Waals surface area contributed by atoms with Gasteiger partial charge in [0.2, 0.25) is 5.91 Å². The molecule has 1 aliphatic heterocycles. The van der Waals surface area contributed by atoms with E-state index in [-0.39, 0.29) is 5.91 Å². The number of nitrogens with zero attached hydrogens (tertiary/aromatic N) is 1. The molecule has 0 bridgehead atoms. The van der Waals surface area contributed by atoms with Crippen LogP contribution < -0.4 is 11.1 Å². The van der Waals surface area contributed by atoms with Crippen molar-refractivity contribution in [2.75, 3.05) is 13.1 Å². The highest BCUT2D eigenvalue weighted by Crippen LogP contribution is 2.13. The van der Waals surface area contributed by atoms with Crippen molar-refractivity contribution in [2.24, 2.45) is 16.1 Å². The molecule has 0 unspecified atom stereocenters. The van der Waals surface area contributed by atoms with E-state index >= 15 is 0 Å². The van der Waals surface area contributed by atoms with Gasteiger partial charge in [-0.3, -0.25) is 9.79 Å². The first-order chi connectivity index (χ1) is 6.52. The molecule has 4 nitrogen and oxygen atoms in total. The Balaban J connectivity index is 2.39. The third-order valence-corrected chi connectivity index (χ3v) is 2.53. The maximum Gasteiger partial charge on any atom is 0.224 e. The number of nitrogens with one attached hydrogen (secondary N) is 1. The molecular formula is C10H19N3O. The van der Waals surface area contributed by atoms with Crippen LogP contribution in [0.3, 0.4) is 0 Å². The van der Waals surface area contributed by atoms with E-state index < -0.39 is 5.41 Å². The van der Waals surface area contributed by atoms with Crippen molar-refractivity contribution < 1.29 is 4.79 Å². The van der Waals surface area contributed by atoms with Crippen LogP contribution in [0.25, 0.3) is 0 Å². The summed E-state index contributed by atoms with van der Waals surface area (Å²) in [5.74, 6) is 0.743. The Kier molecular flexibility index (Phi) is 3.49. The molecule has 0 aromatic heterocycles. The summed E-state index contributed by atoms with van der Waals surface area (Å²) in [6.07, 6.45) is 3.35. The fraction of sp³-hybridized carbons (Fsp3) is 0.800. The molecular weight excluding hydrogens is 178 g/mol. The number of aliphatic imine (C=N–C) groups is 1. The topological polar surface area (TPSA) is 67.5 Å². The molecule has 1 heterocycles. The standard InChI is InChI=1S/C10H19N3O/c1-10(2,9(11)14)7-13-8-5-3-4-6-12-8/h3-7H2,1-2H3,(H2,11,14)(H,12,13). The average Bonchev–Trinajstić information content (AvgIpc) is 2.16. The summed E-state index contributed by atoms with van der Waals surface area (Å²) in [4.78, 5) is 15.4. The Morgan fingerprint density at radius 3 is 2.79 bits per heavy atom. The summed E-state index contributed by atoms with van der Waals surface area (Å²) in [5, 5.41) is 3.19. The maximum atomic E-state index is 11.0. The highest BCUT2D eigenvalue weighted by atomic mass is 16.1. The average molecular weight is 197 g/mol. The molecule has 0 saturated heterocycles. The van der Waals surface area contributed by atoms with E-state index in [4.69, 9.17) is 5.73 Å². The van der Waals surface area contributed by atoms with Gasteiger partial charge in [0.1, 0.15) is 0 Å². The summed E-state index contributed by atoms with van der Waals surface area (Å²) in [5.41, 5.74) is 4.77. The van der Waals surface area contributed by atoms with Crippen LogP contribution in [0.15, 0.2) is 4.99 Å². The molecule has 0 spiro atoms. The number of nitrogens with two attached hydrogens (primary N) is 1. The predicted octanol–water partition coefficient (Wildman–Crippen LogP) is 0.670. The molecule has 0 radical (unpaired) electrons. The fourth-order valence-electron chi connectivity index (χ4n) is 1.25. The molecule has 4 heteroatoms. The van der Waals surface area contributed by atoms with Gasteiger partial charge in [-0.1, -0.05) is 0 Å². The highest BCUT2D eigenvalue weighted by Gasteiger charge is 2.25. The highest BCUT2D eigenvalue weighted by molar-refractivity contribution is 5.84. The van der Waals surface area contributed by atoms with Crippen LogP contribution >= 0.6 is 0 Å². The minimum atomic E-state index is -0.500. The third kappa shape index (κ3) is 3.01. The first-order valence-corrected chi connectivity index (χ1v) is 5.09. The van der Waals surface area contributed by atoms with Gasteiger partial charge in [0.15, 0.2) is 0 Å². The molecule has 0 atom stereocenters. The molecule has 1 amide bonds. The lowest BCUT2D eigenvalue weighted by atomic mass is 9.92. The van der Waals surface area contributed by atoms with E-state index in [1.807, 2.05) is 13.8 Å². The smallest absolute Gasteiger partial charge is 0.224 e. The molecule has 1 rings (SSSR count). The molecule has 0 aromatic rings. The van der Waals surface area contributed by atoms with Gasteiger partial charge in [0.25, 0.3) is 0 Å². The second-order valence-electron chi connectivity index (χ2n) is 4.39. The largest absolute Gasteiger partial charge is 0.373 e. The molecule has 14 heavy (non-hydrogen) atoms. The summed E-state index contributed by atoms with van der Waals surface area (Å²) in [6, 6.07) is 0. The number of hydrogen-bond acceptors (Lipinski definition) is 3. The monoisotopic (exact) mass is 197 g/mol. The van der Waals surface area contributed by atoms with Gasteiger partial charge < -0.3 is 11.1 Å². The van der Waals surface area contributed by atoms with Crippen molar-refractivity contribution in [1.29, 1.82) is 0 Å². The molecule has 0 aromatic carbocycles. The first-order valence-electron chi connectivity index (χ1n) is 5.09. The van der Waals surface area contributed by atoms with Crippen molar-refractivity contribution in [3.05, 3.63) is 0 Å². The Morgan fingerprint density at radius 1 is 1.57 bits per heavy atom. The van der Waals surface area contributed by atoms with Crippen LogP contribution in [0.1, 0.15) is 33.1 Å². The second-order valence-corrected chi connectivity index (χ2v) is 4.39. The fourth-order valence-corrected chi connectivity index (χ4v) is 1.25. The Morgan fingerprint density at radius 2 is 2.29 bits per heavy atom. The Bertz CT molecular complexity index is 246. The Labute approximate surface area is 85.0 Å². The number of rotatable bonds is 3. The summed E-state index contributed by atoms with van der Waals surface area (Å²) in [7, 11) is 0. The van der Waals surface area contributed by atoms with Crippen LogP contribution in [-0.2, 0) is 4.79 Å².